The van der Waals surface area contributed by atoms with E-state index in [1.165, 1.54) is 30.3 Å². The fourth-order valence-corrected chi connectivity index (χ4v) is 3.95. The highest BCUT2D eigenvalue weighted by molar-refractivity contribution is 5.99. The number of carbonyl (C=O) groups excluding carboxylic acids is 2. The summed E-state index contributed by atoms with van der Waals surface area (Å²) in [6, 6.07) is 13.2. The van der Waals surface area contributed by atoms with E-state index >= 15 is 0 Å². The highest BCUT2D eigenvalue weighted by Crippen LogP contribution is 2.57. The first kappa shape index (κ1) is 17.8. The predicted molar refractivity (Wildman–Crippen MR) is 104 cm³/mol. The number of benzene rings is 3. The Hall–Kier alpha value is -4.24. The number of hydrogen-bond acceptors (Lipinski definition) is 7. The predicted octanol–water partition coefficient (Wildman–Crippen LogP) is 2.66. The van der Waals surface area contributed by atoms with Crippen LogP contribution in [0.2, 0.25) is 0 Å². The molecule has 0 radical (unpaired) electrons. The number of phenols is 2. The lowest BCUT2D eigenvalue weighted by Crippen LogP contribution is -2.34. The third kappa shape index (κ3) is 2.39. The number of nitrogens with two attached hydrogens (primary N) is 1. The van der Waals surface area contributed by atoms with Gasteiger partial charge in [-0.1, -0.05) is 6.07 Å². The van der Waals surface area contributed by atoms with Crippen LogP contribution in [0.4, 0.5) is 10.5 Å². The maximum atomic E-state index is 12.9. The van der Waals surface area contributed by atoms with Gasteiger partial charge in [0.15, 0.2) is 5.60 Å². The molecule has 3 aromatic carbocycles. The first-order valence-electron chi connectivity index (χ1n) is 8.92. The number of carbonyl (C=O) groups is 2. The van der Waals surface area contributed by atoms with E-state index in [4.69, 9.17) is 15.3 Å². The number of amides is 2. The minimum atomic E-state index is -1.34. The Morgan fingerprint density at radius 1 is 0.900 bits per heavy atom. The van der Waals surface area contributed by atoms with Crippen molar-refractivity contribution in [3.8, 4) is 23.0 Å². The van der Waals surface area contributed by atoms with Crippen molar-refractivity contribution in [2.45, 2.75) is 5.60 Å². The molecule has 150 valence electrons. The second kappa shape index (κ2) is 6.13. The summed E-state index contributed by atoms with van der Waals surface area (Å²) < 4.78 is 11.8. The molecule has 0 aliphatic carbocycles. The number of aromatic hydroxyl groups is 2. The van der Waals surface area contributed by atoms with E-state index in [2.05, 4.69) is 5.32 Å². The number of anilines is 1. The summed E-state index contributed by atoms with van der Waals surface area (Å²) in [5.41, 5.74) is 2.80. The molecule has 0 aromatic heterocycles. The van der Waals surface area contributed by atoms with Crippen molar-refractivity contribution in [3.05, 3.63) is 76.9 Å². The van der Waals surface area contributed by atoms with Crippen molar-refractivity contribution in [2.24, 2.45) is 5.84 Å². The molecule has 2 heterocycles. The quantitative estimate of drug-likeness (QED) is 0.181. The number of hydrogen-bond donors (Lipinski definition) is 5. The molecule has 2 amide bonds. The zero-order valence-electron chi connectivity index (χ0n) is 15.3. The van der Waals surface area contributed by atoms with Crippen molar-refractivity contribution in [1.29, 1.82) is 0 Å². The summed E-state index contributed by atoms with van der Waals surface area (Å²) in [6.45, 7) is 0. The van der Waals surface area contributed by atoms with Gasteiger partial charge in [-0.05, 0) is 36.4 Å². The molecular weight excluding hydrogens is 390 g/mol. The van der Waals surface area contributed by atoms with Crippen LogP contribution in [0, 0.1) is 0 Å². The van der Waals surface area contributed by atoms with Gasteiger partial charge in [-0.3, -0.25) is 5.43 Å². The van der Waals surface area contributed by atoms with Crippen LogP contribution >= 0.6 is 0 Å². The van der Waals surface area contributed by atoms with Gasteiger partial charge in [0.05, 0.1) is 5.56 Å². The van der Waals surface area contributed by atoms with Crippen molar-refractivity contribution in [3.63, 3.8) is 0 Å². The topological polar surface area (TPSA) is 143 Å². The number of ether oxygens (including phenoxy) is 2. The number of hydrazine groups is 1. The van der Waals surface area contributed by atoms with Gasteiger partial charge in [-0.25, -0.2) is 15.4 Å². The van der Waals surface area contributed by atoms with Crippen molar-refractivity contribution < 1.29 is 29.3 Å². The molecule has 30 heavy (non-hydrogen) atoms. The summed E-state index contributed by atoms with van der Waals surface area (Å²) in [6.07, 6.45) is 0. The fourth-order valence-electron chi connectivity index (χ4n) is 3.95. The number of nitrogens with one attached hydrogen (secondary N) is 2. The van der Waals surface area contributed by atoms with Crippen LogP contribution in [0.5, 0.6) is 23.0 Å². The summed E-state index contributed by atoms with van der Waals surface area (Å²) in [5.74, 6) is 5.03. The Kier molecular flexibility index (Phi) is 3.64. The highest BCUT2D eigenvalue weighted by atomic mass is 16.6. The molecule has 9 heteroatoms. The molecule has 3 aromatic rings. The zero-order chi connectivity index (χ0) is 21.0. The Balaban J connectivity index is 1.76. The molecule has 5 rings (SSSR count). The van der Waals surface area contributed by atoms with Crippen LogP contribution in [0.15, 0.2) is 54.6 Å². The average Bonchev–Trinajstić information content (AvgIpc) is 3.00. The van der Waals surface area contributed by atoms with Crippen LogP contribution in [-0.2, 0) is 10.3 Å². The van der Waals surface area contributed by atoms with Crippen LogP contribution in [-0.4, -0.2) is 22.2 Å². The molecule has 2 aliphatic heterocycles. The first-order valence-corrected chi connectivity index (χ1v) is 8.92. The monoisotopic (exact) mass is 405 g/mol. The molecule has 0 fully saturated rings. The van der Waals surface area contributed by atoms with E-state index in [9.17, 15) is 19.8 Å². The molecule has 6 N–H and O–H groups in total. The van der Waals surface area contributed by atoms with Gasteiger partial charge in [-0.15, -0.1) is 0 Å². The van der Waals surface area contributed by atoms with E-state index in [1.54, 1.807) is 24.3 Å². The van der Waals surface area contributed by atoms with Crippen LogP contribution in [0.1, 0.15) is 27.0 Å². The van der Waals surface area contributed by atoms with E-state index in [1.807, 2.05) is 5.43 Å². The van der Waals surface area contributed by atoms with Gasteiger partial charge in [0.1, 0.15) is 23.0 Å². The summed E-state index contributed by atoms with van der Waals surface area (Å²) in [4.78, 5) is 24.4. The maximum absolute atomic E-state index is 12.9. The van der Waals surface area contributed by atoms with Crippen molar-refractivity contribution >= 4 is 17.7 Å². The van der Waals surface area contributed by atoms with E-state index < -0.39 is 17.6 Å². The number of urea groups is 1. The molecule has 9 nitrogen and oxygen atoms in total. The van der Waals surface area contributed by atoms with Gasteiger partial charge in [0, 0.05) is 34.5 Å². The normalized spacial score (nSPS) is 14.8. The van der Waals surface area contributed by atoms with Crippen molar-refractivity contribution in [1.82, 2.24) is 5.43 Å². The number of esters is 1. The van der Waals surface area contributed by atoms with Crippen molar-refractivity contribution in [2.75, 3.05) is 5.32 Å². The molecule has 0 atom stereocenters. The Morgan fingerprint density at radius 3 is 2.10 bits per heavy atom. The first-order chi connectivity index (χ1) is 14.4. The third-order valence-corrected chi connectivity index (χ3v) is 5.16. The zero-order valence-corrected chi connectivity index (χ0v) is 15.3. The third-order valence-electron chi connectivity index (χ3n) is 5.16. The highest BCUT2D eigenvalue weighted by Gasteiger charge is 2.53. The molecule has 2 aliphatic rings. The molecule has 0 saturated heterocycles. The fraction of sp³-hybridized carbons (Fsp3) is 0.0476. The van der Waals surface area contributed by atoms with E-state index in [0.29, 0.717) is 33.9 Å². The van der Waals surface area contributed by atoms with Crippen LogP contribution in [0.25, 0.3) is 0 Å². The molecule has 0 bridgehead atoms. The van der Waals surface area contributed by atoms with Gasteiger partial charge in [0.25, 0.3) is 0 Å². The Bertz CT molecular complexity index is 1190. The summed E-state index contributed by atoms with van der Waals surface area (Å²) in [7, 11) is 0. The lowest BCUT2D eigenvalue weighted by atomic mass is 9.77. The maximum Gasteiger partial charge on any atom is 0.340 e. The molecule has 1 spiro atoms. The summed E-state index contributed by atoms with van der Waals surface area (Å²) >= 11 is 0. The largest absolute Gasteiger partial charge is 0.508 e. The Morgan fingerprint density at radius 2 is 1.50 bits per heavy atom. The molecular formula is C21H15N3O6. The smallest absolute Gasteiger partial charge is 0.340 e. The summed E-state index contributed by atoms with van der Waals surface area (Å²) in [5, 5.41) is 22.4. The van der Waals surface area contributed by atoms with E-state index in [-0.39, 0.29) is 17.1 Å². The van der Waals surface area contributed by atoms with Gasteiger partial charge in [-0.2, -0.15) is 0 Å². The second-order valence-electron chi connectivity index (χ2n) is 6.89. The van der Waals surface area contributed by atoms with Crippen LogP contribution < -0.4 is 21.3 Å². The second-order valence-corrected chi connectivity index (χ2v) is 6.89. The lowest BCUT2D eigenvalue weighted by Gasteiger charge is -2.36. The minimum absolute atomic E-state index is 0.0237. The number of phenolic OH excluding ortho intramolecular Hbond substituents is 2. The molecule has 0 unspecified atom stereocenters. The van der Waals surface area contributed by atoms with Gasteiger partial charge in [0.2, 0.25) is 0 Å². The minimum Gasteiger partial charge on any atom is -0.508 e. The van der Waals surface area contributed by atoms with Crippen LogP contribution in [0.3, 0.4) is 0 Å². The molecule has 0 saturated carbocycles. The standard InChI is InChI=1S/C21H15N3O6/c22-24-20(28)23-10-1-4-14-13(7-10)19(27)30-21(14)15-5-2-11(25)8-17(15)29-18-9-12(26)3-6-16(18)21/h1-9,25-26H,22H2,(H2,23,24,28). The van der Waals surface area contributed by atoms with Gasteiger partial charge < -0.3 is 25.0 Å². The SMILES string of the molecule is NNC(=O)Nc1ccc2c(c1)C(=O)OC21c2ccc(O)cc2Oc2cc(O)ccc21. The van der Waals surface area contributed by atoms with Gasteiger partial charge >= 0.3 is 12.0 Å². The number of fused-ring (bicyclic) bond motifs is 6. The lowest BCUT2D eigenvalue weighted by molar-refractivity contribution is 0.0224. The Labute approximate surface area is 169 Å². The van der Waals surface area contributed by atoms with E-state index in [0.717, 1.165) is 0 Å². The average molecular weight is 405 g/mol. The number of rotatable bonds is 1.